The molecule has 2 bridgehead atoms. The van der Waals surface area contributed by atoms with Crippen LogP contribution in [0.2, 0.25) is 0 Å². The van der Waals surface area contributed by atoms with Crippen LogP contribution < -0.4 is 15.3 Å². The number of hydrogen-bond acceptors (Lipinski definition) is 5. The molecule has 0 radical (unpaired) electrons. The number of pyridine rings is 2. The van der Waals surface area contributed by atoms with Gasteiger partial charge in [-0.05, 0) is 19.4 Å². The average Bonchev–Trinajstić information content (AvgIpc) is 2.94. The highest BCUT2D eigenvalue weighted by atomic mass is 19.1. The van der Waals surface area contributed by atoms with Gasteiger partial charge in [0.2, 0.25) is 0 Å². The molecule has 7 nitrogen and oxygen atoms in total. The molecule has 5 rings (SSSR count). The van der Waals surface area contributed by atoms with Crippen molar-refractivity contribution < 1.29 is 9.13 Å². The van der Waals surface area contributed by atoms with E-state index in [1.165, 1.54) is 10.6 Å². The van der Waals surface area contributed by atoms with Gasteiger partial charge in [-0.2, -0.15) is 0 Å². The van der Waals surface area contributed by atoms with Gasteiger partial charge >= 0.3 is 5.69 Å². The standard InChI is InChI=1S/C18H16FN5O2/c1-10-5-8-23-7-2-3-11-9-12(19)17(22-16(11)23)24-14-13(26-10)4-6-20-15(14)21-18(24)25/h2,4,6-7,9-10H,3,5,8H2,1H3,(H,20,21,25)/t10-/m0/s1. The Balaban J connectivity index is 1.88. The van der Waals surface area contributed by atoms with Crippen molar-refractivity contribution in [2.45, 2.75) is 25.9 Å². The zero-order valence-electron chi connectivity index (χ0n) is 14.1. The van der Waals surface area contributed by atoms with Gasteiger partial charge in [0.05, 0.1) is 6.10 Å². The van der Waals surface area contributed by atoms with E-state index in [2.05, 4.69) is 15.0 Å². The second-order valence-corrected chi connectivity index (χ2v) is 6.55. The van der Waals surface area contributed by atoms with Gasteiger partial charge in [0.15, 0.2) is 17.3 Å². The Bertz CT molecular complexity index is 1120. The minimum Gasteiger partial charge on any atom is -0.488 e. The van der Waals surface area contributed by atoms with Gasteiger partial charge in [0.25, 0.3) is 0 Å². The smallest absolute Gasteiger partial charge is 0.333 e. The van der Waals surface area contributed by atoms with E-state index in [-0.39, 0.29) is 11.9 Å². The number of nitrogens with zero attached hydrogens (tertiary/aromatic N) is 4. The Morgan fingerprint density at radius 3 is 3.15 bits per heavy atom. The number of anilines is 1. The predicted octanol–water partition coefficient (Wildman–Crippen LogP) is 2.30. The van der Waals surface area contributed by atoms with E-state index in [0.717, 1.165) is 12.0 Å². The van der Waals surface area contributed by atoms with Crippen molar-refractivity contribution in [1.82, 2.24) is 19.5 Å². The first-order valence-corrected chi connectivity index (χ1v) is 8.51. The van der Waals surface area contributed by atoms with Crippen molar-refractivity contribution in [1.29, 1.82) is 0 Å². The highest BCUT2D eigenvalue weighted by Crippen LogP contribution is 2.31. The van der Waals surface area contributed by atoms with Crippen LogP contribution in [0.5, 0.6) is 5.75 Å². The molecule has 0 spiro atoms. The number of aromatic nitrogens is 4. The van der Waals surface area contributed by atoms with E-state index in [1.54, 1.807) is 12.3 Å². The second kappa shape index (κ2) is 5.42. The van der Waals surface area contributed by atoms with E-state index < -0.39 is 11.5 Å². The first-order valence-electron chi connectivity index (χ1n) is 8.51. The summed E-state index contributed by atoms with van der Waals surface area (Å²) in [6, 6.07) is 3.14. The Hall–Kier alpha value is -3.16. The number of nitrogens with one attached hydrogen (secondary N) is 1. The molecule has 1 atom stereocenters. The van der Waals surface area contributed by atoms with Crippen molar-refractivity contribution in [2.24, 2.45) is 0 Å². The van der Waals surface area contributed by atoms with E-state index >= 15 is 0 Å². The van der Waals surface area contributed by atoms with Crippen LogP contribution in [0.4, 0.5) is 10.2 Å². The number of fused-ring (bicyclic) bond motifs is 2. The normalized spacial score (nSPS) is 18.5. The lowest BCUT2D eigenvalue weighted by atomic mass is 10.1. The molecular weight excluding hydrogens is 337 g/mol. The molecule has 132 valence electrons. The molecule has 0 amide bonds. The van der Waals surface area contributed by atoms with Gasteiger partial charge in [0, 0.05) is 37.0 Å². The van der Waals surface area contributed by atoms with Crippen molar-refractivity contribution in [3.63, 3.8) is 0 Å². The van der Waals surface area contributed by atoms with Crippen LogP contribution >= 0.6 is 0 Å². The number of imidazole rings is 1. The predicted molar refractivity (Wildman–Crippen MR) is 94.3 cm³/mol. The summed E-state index contributed by atoms with van der Waals surface area (Å²) in [5, 5.41) is 0. The monoisotopic (exact) mass is 353 g/mol. The number of aromatic amines is 1. The Kier molecular flexibility index (Phi) is 3.15. The van der Waals surface area contributed by atoms with Crippen LogP contribution in [0.15, 0.2) is 35.4 Å². The third-order valence-electron chi connectivity index (χ3n) is 4.76. The summed E-state index contributed by atoms with van der Waals surface area (Å²) in [6.45, 7) is 2.65. The highest BCUT2D eigenvalue weighted by molar-refractivity contribution is 5.80. The molecule has 26 heavy (non-hydrogen) atoms. The summed E-state index contributed by atoms with van der Waals surface area (Å²) in [6.07, 6.45) is 6.75. The average molecular weight is 353 g/mol. The van der Waals surface area contributed by atoms with Gasteiger partial charge in [-0.25, -0.2) is 23.7 Å². The summed E-state index contributed by atoms with van der Waals surface area (Å²) in [5.74, 6) is 0.549. The Morgan fingerprint density at radius 2 is 2.27 bits per heavy atom. The molecule has 1 N–H and O–H groups in total. The first-order chi connectivity index (χ1) is 12.6. The summed E-state index contributed by atoms with van der Waals surface area (Å²) < 4.78 is 22.1. The van der Waals surface area contributed by atoms with Crippen molar-refractivity contribution in [3.8, 4) is 11.6 Å². The second-order valence-electron chi connectivity index (χ2n) is 6.55. The van der Waals surface area contributed by atoms with E-state index in [9.17, 15) is 9.18 Å². The fraction of sp³-hybridized carbons (Fsp3) is 0.278. The van der Waals surface area contributed by atoms with Crippen LogP contribution in [0.25, 0.3) is 17.0 Å². The SMILES string of the molecule is C[C@H]1CCN2C=CCc3cc(F)c(nc32)-n2c(=O)[nH]c3nccc(c32)O1. The van der Waals surface area contributed by atoms with E-state index in [4.69, 9.17) is 4.74 Å². The fourth-order valence-corrected chi connectivity index (χ4v) is 3.52. The van der Waals surface area contributed by atoms with Gasteiger partial charge in [-0.3, -0.25) is 4.98 Å². The maximum absolute atomic E-state index is 14.9. The van der Waals surface area contributed by atoms with E-state index in [0.29, 0.717) is 35.7 Å². The molecule has 0 fully saturated rings. The molecule has 0 unspecified atom stereocenters. The molecule has 0 aromatic carbocycles. The molecular formula is C18H16FN5O2. The van der Waals surface area contributed by atoms with Crippen LogP contribution in [-0.4, -0.2) is 32.2 Å². The van der Waals surface area contributed by atoms with Crippen LogP contribution in [-0.2, 0) is 6.42 Å². The number of H-pyrrole nitrogens is 1. The Labute approximate surface area is 147 Å². The summed E-state index contributed by atoms with van der Waals surface area (Å²) >= 11 is 0. The first kappa shape index (κ1) is 15.1. The largest absolute Gasteiger partial charge is 0.488 e. The topological polar surface area (TPSA) is 76.0 Å². The molecule has 3 aromatic rings. The number of allylic oxidation sites excluding steroid dienone is 1. The third-order valence-corrected chi connectivity index (χ3v) is 4.76. The van der Waals surface area contributed by atoms with E-state index in [1.807, 2.05) is 24.1 Å². The number of hydrogen-bond donors (Lipinski definition) is 1. The summed E-state index contributed by atoms with van der Waals surface area (Å²) in [7, 11) is 0. The third kappa shape index (κ3) is 2.15. The zero-order valence-corrected chi connectivity index (χ0v) is 14.1. The minimum absolute atomic E-state index is 0.0484. The lowest BCUT2D eigenvalue weighted by molar-refractivity contribution is 0.215. The zero-order chi connectivity index (χ0) is 17.8. The number of ether oxygens (including phenoxy) is 1. The molecule has 3 aromatic heterocycles. The molecule has 2 aliphatic heterocycles. The number of rotatable bonds is 0. The molecule has 0 saturated heterocycles. The highest BCUT2D eigenvalue weighted by Gasteiger charge is 2.25. The van der Waals surface area contributed by atoms with Crippen molar-refractivity contribution in [2.75, 3.05) is 11.4 Å². The molecule has 2 aliphatic rings. The van der Waals surface area contributed by atoms with Crippen molar-refractivity contribution >= 4 is 17.0 Å². The van der Waals surface area contributed by atoms with Gasteiger partial charge in [-0.1, -0.05) is 6.08 Å². The van der Waals surface area contributed by atoms with Crippen LogP contribution in [0.1, 0.15) is 18.9 Å². The lowest BCUT2D eigenvalue weighted by Gasteiger charge is -2.26. The molecule has 0 aliphatic carbocycles. The molecule has 0 saturated carbocycles. The maximum atomic E-state index is 14.9. The quantitative estimate of drug-likeness (QED) is 0.671. The lowest BCUT2D eigenvalue weighted by Crippen LogP contribution is -2.27. The summed E-state index contributed by atoms with van der Waals surface area (Å²) in [4.78, 5) is 25.9. The fourth-order valence-electron chi connectivity index (χ4n) is 3.52. The van der Waals surface area contributed by atoms with Gasteiger partial charge in [-0.15, -0.1) is 0 Å². The molecule has 5 heterocycles. The molecule has 8 heteroatoms. The van der Waals surface area contributed by atoms with Crippen LogP contribution in [0.3, 0.4) is 0 Å². The Morgan fingerprint density at radius 1 is 1.38 bits per heavy atom. The van der Waals surface area contributed by atoms with Gasteiger partial charge < -0.3 is 9.64 Å². The van der Waals surface area contributed by atoms with Gasteiger partial charge in [0.1, 0.15) is 17.1 Å². The summed E-state index contributed by atoms with van der Waals surface area (Å²) in [5.41, 5.74) is 1.04. The van der Waals surface area contributed by atoms with Crippen molar-refractivity contribution in [3.05, 3.63) is 52.5 Å². The van der Waals surface area contributed by atoms with Crippen LogP contribution in [0, 0.1) is 5.82 Å². The minimum atomic E-state index is -0.552. The maximum Gasteiger partial charge on any atom is 0.333 e. The number of halogens is 1.